The lowest BCUT2D eigenvalue weighted by Gasteiger charge is -1.99. The maximum absolute atomic E-state index is 11.0. The third-order valence-electron chi connectivity index (χ3n) is 5.59. The van der Waals surface area contributed by atoms with Gasteiger partial charge in [-0.2, -0.15) is 0 Å². The summed E-state index contributed by atoms with van der Waals surface area (Å²) < 4.78 is 4.91. The van der Waals surface area contributed by atoms with Crippen molar-refractivity contribution in [1.82, 2.24) is 0 Å². The number of carbonyl (C=O) groups is 1. The van der Waals surface area contributed by atoms with Gasteiger partial charge in [0.15, 0.2) is 0 Å². The molecule has 5 nitrogen and oxygen atoms in total. The number of hydrogen-bond acceptors (Lipinski definition) is 4. The molecule has 0 saturated heterocycles. The third kappa shape index (κ3) is 14.3. The van der Waals surface area contributed by atoms with Crippen molar-refractivity contribution < 1.29 is 19.4 Å². The van der Waals surface area contributed by atoms with Crippen molar-refractivity contribution in [2.45, 2.75) is 104 Å². The Morgan fingerprint density at radius 1 is 0.879 bits per heavy atom. The normalized spacial score (nSPS) is 11.0. The second-order valence-corrected chi connectivity index (χ2v) is 8.66. The van der Waals surface area contributed by atoms with Crippen LogP contribution in [0, 0.1) is 6.92 Å². The first-order valence-corrected chi connectivity index (χ1v) is 12.5. The second kappa shape index (κ2) is 17.9. The Morgan fingerprint density at radius 3 is 2.06 bits per heavy atom. The first-order valence-electron chi connectivity index (χ1n) is 12.5. The second-order valence-electron chi connectivity index (χ2n) is 8.66. The van der Waals surface area contributed by atoms with Gasteiger partial charge in [-0.1, -0.05) is 70.4 Å². The maximum Gasteiger partial charge on any atom is 0.336 e. The fraction of sp³-hybridized carbons (Fsp3) is 0.571. The zero-order valence-corrected chi connectivity index (χ0v) is 20.5. The quantitative estimate of drug-likeness (QED) is 0.161. The van der Waals surface area contributed by atoms with Crippen molar-refractivity contribution in [3.8, 4) is 5.75 Å². The lowest BCUT2D eigenvalue weighted by Crippen LogP contribution is -1.97. The lowest BCUT2D eigenvalue weighted by molar-refractivity contribution is -0.137. The number of aryl methyl sites for hydroxylation is 1. The molecule has 1 heterocycles. The average Bonchev–Trinajstić information content (AvgIpc) is 2.76. The molecule has 2 N–H and O–H groups in total. The number of carboxylic acid groups (broad SMARTS) is 1. The van der Waals surface area contributed by atoms with Gasteiger partial charge in [-0.3, -0.25) is 4.79 Å². The molecule has 0 radical (unpaired) electrons. The molecule has 2 aromatic rings. The molecule has 1 aromatic carbocycles. The minimum absolute atomic E-state index is 0.0984. The summed E-state index contributed by atoms with van der Waals surface area (Å²) in [6.07, 6.45) is 21.2. The Morgan fingerprint density at radius 2 is 1.45 bits per heavy atom. The fourth-order valence-corrected chi connectivity index (χ4v) is 3.66. The molecule has 0 aliphatic heterocycles. The van der Waals surface area contributed by atoms with Crippen LogP contribution in [0.15, 0.2) is 45.6 Å². The van der Waals surface area contributed by atoms with Gasteiger partial charge >= 0.3 is 11.6 Å². The monoisotopic (exact) mass is 458 g/mol. The number of unbranched alkanes of at least 4 members (excludes halogenated alkanes) is 11. The van der Waals surface area contributed by atoms with E-state index >= 15 is 0 Å². The largest absolute Gasteiger partial charge is 0.508 e. The highest BCUT2D eigenvalue weighted by atomic mass is 16.4. The molecule has 5 heteroatoms. The van der Waals surface area contributed by atoms with Crippen LogP contribution >= 0.6 is 0 Å². The number of aliphatic carboxylic acids is 1. The number of allylic oxidation sites excluding steroid dienone is 2. The van der Waals surface area contributed by atoms with Gasteiger partial charge in [-0.25, -0.2) is 4.79 Å². The molecule has 2 rings (SSSR count). The number of hydrogen-bond donors (Lipinski definition) is 2. The summed E-state index contributed by atoms with van der Waals surface area (Å²) in [4.78, 5) is 21.3. The summed E-state index contributed by atoms with van der Waals surface area (Å²) in [6.45, 7) is 4.09. The molecule has 0 amide bonds. The van der Waals surface area contributed by atoms with Gasteiger partial charge in [0.05, 0.1) is 0 Å². The minimum Gasteiger partial charge on any atom is -0.508 e. The minimum atomic E-state index is -0.664. The molecule has 0 fully saturated rings. The number of aromatic hydroxyl groups is 1. The van der Waals surface area contributed by atoms with Crippen LogP contribution in [-0.2, 0) is 4.79 Å². The Balaban J connectivity index is 0.000000357. The molecule has 0 unspecified atom stereocenters. The average molecular weight is 459 g/mol. The van der Waals surface area contributed by atoms with Gasteiger partial charge in [-0.15, -0.1) is 0 Å². The van der Waals surface area contributed by atoms with Gasteiger partial charge < -0.3 is 14.6 Å². The van der Waals surface area contributed by atoms with Crippen molar-refractivity contribution in [2.24, 2.45) is 0 Å². The highest BCUT2D eigenvalue weighted by Crippen LogP contribution is 2.20. The van der Waals surface area contributed by atoms with Crippen LogP contribution in [0.5, 0.6) is 5.75 Å². The molecule has 0 spiro atoms. The van der Waals surface area contributed by atoms with Crippen LogP contribution in [0.4, 0.5) is 0 Å². The van der Waals surface area contributed by atoms with Crippen LogP contribution in [-0.4, -0.2) is 16.2 Å². The van der Waals surface area contributed by atoms with E-state index in [4.69, 9.17) is 14.6 Å². The maximum atomic E-state index is 11.0. The fourth-order valence-electron chi connectivity index (χ4n) is 3.66. The van der Waals surface area contributed by atoms with Gasteiger partial charge in [0, 0.05) is 23.9 Å². The number of rotatable bonds is 15. The van der Waals surface area contributed by atoms with Crippen molar-refractivity contribution >= 4 is 16.9 Å². The number of benzene rings is 1. The highest BCUT2D eigenvalue weighted by Gasteiger charge is 2.01. The van der Waals surface area contributed by atoms with Crippen molar-refractivity contribution in [1.29, 1.82) is 0 Å². The third-order valence-corrected chi connectivity index (χ3v) is 5.59. The number of carboxylic acids is 1. The SMILES string of the molecule is CCCCCCCCC=CCCCCCCCC(=O)O.Cc1cc(=O)oc2cc(O)ccc12. The van der Waals surface area contributed by atoms with Gasteiger partial charge in [-0.05, 0) is 56.7 Å². The summed E-state index contributed by atoms with van der Waals surface area (Å²) >= 11 is 0. The van der Waals surface area contributed by atoms with Gasteiger partial charge in [0.25, 0.3) is 0 Å². The van der Waals surface area contributed by atoms with Crippen molar-refractivity contribution in [3.05, 3.63) is 52.4 Å². The van der Waals surface area contributed by atoms with E-state index in [2.05, 4.69) is 19.1 Å². The molecule has 33 heavy (non-hydrogen) atoms. The van der Waals surface area contributed by atoms with Gasteiger partial charge in [0.1, 0.15) is 11.3 Å². The zero-order chi connectivity index (χ0) is 24.3. The smallest absolute Gasteiger partial charge is 0.336 e. The van der Waals surface area contributed by atoms with Crippen LogP contribution in [0.25, 0.3) is 11.0 Å². The van der Waals surface area contributed by atoms with Crippen molar-refractivity contribution in [3.63, 3.8) is 0 Å². The summed E-state index contributed by atoms with van der Waals surface area (Å²) in [5, 5.41) is 18.5. The molecule has 0 saturated carbocycles. The summed E-state index contributed by atoms with van der Waals surface area (Å²) in [6, 6.07) is 6.15. The van der Waals surface area contributed by atoms with Gasteiger partial charge in [0.2, 0.25) is 0 Å². The Kier molecular flexibility index (Phi) is 15.5. The standard InChI is InChI=1S/C18H34O2.C10H8O3/c1-2-3-4-5-6-7-8-9-10-11-12-13-14-15-16-17-18(19)20;1-6-4-10(12)13-9-5-7(11)2-3-8(6)9/h9-10H,2-8,11-17H2,1H3,(H,19,20);2-5,11H,1H3. The van der Waals surface area contributed by atoms with E-state index in [1.54, 1.807) is 12.1 Å². The lowest BCUT2D eigenvalue weighted by atomic mass is 10.1. The number of phenolic OH excluding ortho intramolecular Hbond substituents is 1. The zero-order valence-electron chi connectivity index (χ0n) is 20.5. The van der Waals surface area contributed by atoms with E-state index in [9.17, 15) is 9.59 Å². The Labute approximate surface area is 198 Å². The number of phenols is 1. The van der Waals surface area contributed by atoms with Crippen LogP contribution < -0.4 is 5.63 Å². The van der Waals surface area contributed by atoms with E-state index in [1.165, 1.54) is 82.8 Å². The molecule has 0 bridgehead atoms. The molecule has 184 valence electrons. The van der Waals surface area contributed by atoms with E-state index < -0.39 is 11.6 Å². The molecular weight excluding hydrogens is 416 g/mol. The molecular formula is C28H42O5. The van der Waals surface area contributed by atoms with E-state index in [0.29, 0.717) is 12.0 Å². The van der Waals surface area contributed by atoms with Crippen LogP contribution in [0.1, 0.15) is 102 Å². The first-order chi connectivity index (χ1) is 15.9. The van der Waals surface area contributed by atoms with E-state index in [1.807, 2.05) is 6.92 Å². The molecule has 1 aromatic heterocycles. The topological polar surface area (TPSA) is 87.7 Å². The molecule has 0 atom stereocenters. The van der Waals surface area contributed by atoms with E-state index in [-0.39, 0.29) is 5.75 Å². The highest BCUT2D eigenvalue weighted by molar-refractivity contribution is 5.81. The molecule has 0 aliphatic rings. The first kappa shape index (κ1) is 28.5. The summed E-state index contributed by atoms with van der Waals surface area (Å²) in [5.41, 5.74) is 0.881. The predicted octanol–water partition coefficient (Wildman–Crippen LogP) is 7.92. The Bertz CT molecular complexity index is 881. The summed E-state index contributed by atoms with van der Waals surface area (Å²) in [5.74, 6) is -0.566. The summed E-state index contributed by atoms with van der Waals surface area (Å²) in [7, 11) is 0. The van der Waals surface area contributed by atoms with Crippen LogP contribution in [0.3, 0.4) is 0 Å². The predicted molar refractivity (Wildman–Crippen MR) is 136 cm³/mol. The number of fused-ring (bicyclic) bond motifs is 1. The van der Waals surface area contributed by atoms with Crippen molar-refractivity contribution in [2.75, 3.05) is 0 Å². The van der Waals surface area contributed by atoms with E-state index in [0.717, 1.165) is 23.8 Å². The Hall–Kier alpha value is -2.56. The van der Waals surface area contributed by atoms with Crippen LogP contribution in [0.2, 0.25) is 0 Å². The molecule has 0 aliphatic carbocycles.